The Labute approximate surface area is 109 Å². The van der Waals surface area contributed by atoms with Crippen molar-refractivity contribution in [3.05, 3.63) is 57.3 Å². The van der Waals surface area contributed by atoms with Crippen LogP contribution in [0.25, 0.3) is 0 Å². The van der Waals surface area contributed by atoms with Crippen LogP contribution in [0.2, 0.25) is 0 Å². The second-order valence-corrected chi connectivity index (χ2v) is 5.16. The Kier molecular flexibility index (Phi) is 2.89. The van der Waals surface area contributed by atoms with Crippen LogP contribution in [0.1, 0.15) is 33.2 Å². The zero-order chi connectivity index (χ0) is 12.5. The maximum atomic E-state index is 11.8. The quantitative estimate of drug-likeness (QED) is 0.868. The first-order chi connectivity index (χ1) is 8.75. The molecule has 2 N–H and O–H groups in total. The summed E-state index contributed by atoms with van der Waals surface area (Å²) >= 11 is 1.55. The second kappa shape index (κ2) is 4.55. The molecular weight excluding hydrogens is 246 g/mol. The summed E-state index contributed by atoms with van der Waals surface area (Å²) in [6, 6.07) is 7.54. The number of aliphatic hydroxyl groups is 1. The number of fused-ring (bicyclic) bond motifs is 1. The van der Waals surface area contributed by atoms with Crippen molar-refractivity contribution in [1.82, 2.24) is 5.32 Å². The number of rotatable bonds is 2. The van der Waals surface area contributed by atoms with E-state index in [2.05, 4.69) is 5.32 Å². The fourth-order valence-electron chi connectivity index (χ4n) is 2.22. The third kappa shape index (κ3) is 1.94. The summed E-state index contributed by atoms with van der Waals surface area (Å²) in [6.07, 6.45) is 0.201. The predicted molar refractivity (Wildman–Crippen MR) is 70.9 cm³/mol. The first-order valence-corrected chi connectivity index (χ1v) is 6.81. The van der Waals surface area contributed by atoms with Crippen molar-refractivity contribution in [3.8, 4) is 0 Å². The normalized spacial score (nSPS) is 15.9. The molecule has 0 radical (unpaired) electrons. The largest absolute Gasteiger partial charge is 0.384 e. The van der Waals surface area contributed by atoms with Gasteiger partial charge < -0.3 is 10.4 Å². The third-order valence-corrected chi connectivity index (χ3v) is 3.93. The molecule has 18 heavy (non-hydrogen) atoms. The zero-order valence-corrected chi connectivity index (χ0v) is 10.5. The first-order valence-electron chi connectivity index (χ1n) is 5.87. The van der Waals surface area contributed by atoms with E-state index < -0.39 is 6.10 Å². The Morgan fingerprint density at radius 1 is 1.28 bits per heavy atom. The van der Waals surface area contributed by atoms with Crippen molar-refractivity contribution >= 4 is 17.2 Å². The van der Waals surface area contributed by atoms with Crippen molar-refractivity contribution in [3.63, 3.8) is 0 Å². The molecule has 3 rings (SSSR count). The SMILES string of the molecule is O=C1NCCc2ccc(C(O)c3ccsc3)cc21. The van der Waals surface area contributed by atoms with Crippen LogP contribution >= 0.6 is 11.3 Å². The molecule has 1 unspecified atom stereocenters. The van der Waals surface area contributed by atoms with Crippen molar-refractivity contribution < 1.29 is 9.90 Å². The van der Waals surface area contributed by atoms with Gasteiger partial charge in [-0.1, -0.05) is 12.1 Å². The molecule has 1 aromatic carbocycles. The van der Waals surface area contributed by atoms with E-state index in [0.717, 1.165) is 23.1 Å². The Bertz CT molecular complexity index is 577. The summed E-state index contributed by atoms with van der Waals surface area (Å²) in [5.41, 5.74) is 3.38. The van der Waals surface area contributed by atoms with Gasteiger partial charge in [0, 0.05) is 12.1 Å². The molecule has 1 atom stereocenters. The van der Waals surface area contributed by atoms with Gasteiger partial charge in [-0.25, -0.2) is 0 Å². The van der Waals surface area contributed by atoms with Gasteiger partial charge in [0.1, 0.15) is 6.10 Å². The third-order valence-electron chi connectivity index (χ3n) is 3.23. The lowest BCUT2D eigenvalue weighted by atomic mass is 9.94. The maximum Gasteiger partial charge on any atom is 0.251 e. The number of carbonyl (C=O) groups excluding carboxylic acids is 1. The molecule has 0 saturated carbocycles. The molecule has 0 saturated heterocycles. The van der Waals surface area contributed by atoms with Gasteiger partial charge in [0.05, 0.1) is 0 Å². The standard InChI is InChI=1S/C14H13NO2S/c16-13(11-4-6-18-8-11)10-2-1-9-3-5-15-14(17)12(9)7-10/h1-2,4,6-8,13,16H,3,5H2,(H,15,17). The van der Waals surface area contributed by atoms with Gasteiger partial charge in [0.25, 0.3) is 5.91 Å². The minimum atomic E-state index is -0.656. The monoisotopic (exact) mass is 259 g/mol. The molecule has 0 aliphatic carbocycles. The minimum absolute atomic E-state index is 0.0457. The molecule has 1 amide bonds. The van der Waals surface area contributed by atoms with Crippen LogP contribution in [0.5, 0.6) is 0 Å². The molecule has 0 bridgehead atoms. The van der Waals surface area contributed by atoms with Crippen LogP contribution in [-0.2, 0) is 6.42 Å². The highest BCUT2D eigenvalue weighted by atomic mass is 32.1. The lowest BCUT2D eigenvalue weighted by molar-refractivity contribution is 0.0945. The van der Waals surface area contributed by atoms with Gasteiger partial charge in [-0.15, -0.1) is 0 Å². The summed E-state index contributed by atoms with van der Waals surface area (Å²) in [7, 11) is 0. The summed E-state index contributed by atoms with van der Waals surface area (Å²) in [6.45, 7) is 0.693. The lowest BCUT2D eigenvalue weighted by Crippen LogP contribution is -2.31. The van der Waals surface area contributed by atoms with Crippen LogP contribution in [-0.4, -0.2) is 17.6 Å². The molecular formula is C14H13NO2S. The minimum Gasteiger partial charge on any atom is -0.384 e. The van der Waals surface area contributed by atoms with Gasteiger partial charge in [-0.2, -0.15) is 11.3 Å². The topological polar surface area (TPSA) is 49.3 Å². The van der Waals surface area contributed by atoms with E-state index in [4.69, 9.17) is 0 Å². The fourth-order valence-corrected chi connectivity index (χ4v) is 2.90. The Balaban J connectivity index is 1.99. The highest BCUT2D eigenvalue weighted by Crippen LogP contribution is 2.26. The highest BCUT2D eigenvalue weighted by Gasteiger charge is 2.19. The number of hydrogen-bond donors (Lipinski definition) is 2. The first kappa shape index (κ1) is 11.4. The van der Waals surface area contributed by atoms with Crippen LogP contribution in [0, 0.1) is 0 Å². The summed E-state index contributed by atoms with van der Waals surface area (Å²) < 4.78 is 0. The van der Waals surface area contributed by atoms with Crippen LogP contribution in [0.4, 0.5) is 0 Å². The van der Waals surface area contributed by atoms with E-state index >= 15 is 0 Å². The molecule has 4 heteroatoms. The van der Waals surface area contributed by atoms with E-state index in [1.807, 2.05) is 29.0 Å². The molecule has 2 aromatic rings. The van der Waals surface area contributed by atoms with Crippen molar-refractivity contribution in [2.45, 2.75) is 12.5 Å². The van der Waals surface area contributed by atoms with Crippen molar-refractivity contribution in [2.24, 2.45) is 0 Å². The van der Waals surface area contributed by atoms with Gasteiger partial charge in [-0.3, -0.25) is 4.79 Å². The molecule has 2 heterocycles. The smallest absolute Gasteiger partial charge is 0.251 e. The average molecular weight is 259 g/mol. The number of thiophene rings is 1. The number of benzene rings is 1. The molecule has 3 nitrogen and oxygen atoms in total. The van der Waals surface area contributed by atoms with Crippen molar-refractivity contribution in [1.29, 1.82) is 0 Å². The maximum absolute atomic E-state index is 11.8. The van der Waals surface area contributed by atoms with Crippen LogP contribution < -0.4 is 5.32 Å². The van der Waals surface area contributed by atoms with Gasteiger partial charge in [0.2, 0.25) is 0 Å². The summed E-state index contributed by atoms with van der Waals surface area (Å²) in [4.78, 5) is 11.8. The summed E-state index contributed by atoms with van der Waals surface area (Å²) in [5, 5.41) is 16.9. The summed E-state index contributed by atoms with van der Waals surface area (Å²) in [5.74, 6) is -0.0457. The molecule has 1 aromatic heterocycles. The predicted octanol–water partition coefficient (Wildman–Crippen LogP) is 2.12. The Hall–Kier alpha value is -1.65. The lowest BCUT2D eigenvalue weighted by Gasteiger charge is -2.18. The van der Waals surface area contributed by atoms with E-state index in [1.54, 1.807) is 17.4 Å². The number of aliphatic hydroxyl groups excluding tert-OH is 1. The van der Waals surface area contributed by atoms with E-state index in [0.29, 0.717) is 12.1 Å². The number of nitrogens with one attached hydrogen (secondary N) is 1. The second-order valence-electron chi connectivity index (χ2n) is 4.38. The number of hydrogen-bond acceptors (Lipinski definition) is 3. The van der Waals surface area contributed by atoms with Crippen LogP contribution in [0.3, 0.4) is 0 Å². The number of carbonyl (C=O) groups is 1. The van der Waals surface area contributed by atoms with E-state index in [1.165, 1.54) is 0 Å². The highest BCUT2D eigenvalue weighted by molar-refractivity contribution is 7.07. The Morgan fingerprint density at radius 2 is 2.17 bits per heavy atom. The molecule has 92 valence electrons. The van der Waals surface area contributed by atoms with E-state index in [-0.39, 0.29) is 5.91 Å². The Morgan fingerprint density at radius 3 is 2.94 bits per heavy atom. The fraction of sp³-hybridized carbons (Fsp3) is 0.214. The van der Waals surface area contributed by atoms with Gasteiger partial charge in [-0.05, 0) is 46.0 Å². The molecule has 0 spiro atoms. The zero-order valence-electron chi connectivity index (χ0n) is 9.72. The molecule has 0 fully saturated rings. The number of amides is 1. The molecule has 1 aliphatic rings. The van der Waals surface area contributed by atoms with Gasteiger partial charge >= 0.3 is 0 Å². The molecule has 1 aliphatic heterocycles. The van der Waals surface area contributed by atoms with Crippen molar-refractivity contribution in [2.75, 3.05) is 6.54 Å². The average Bonchev–Trinajstić information content (AvgIpc) is 2.92. The van der Waals surface area contributed by atoms with E-state index in [9.17, 15) is 9.90 Å². The van der Waals surface area contributed by atoms with Crippen LogP contribution in [0.15, 0.2) is 35.0 Å². The van der Waals surface area contributed by atoms with Gasteiger partial charge in [0.15, 0.2) is 0 Å².